The summed E-state index contributed by atoms with van der Waals surface area (Å²) >= 11 is 6.13. The lowest BCUT2D eigenvalue weighted by Gasteiger charge is -2.18. The molecule has 0 aliphatic heterocycles. The van der Waals surface area contributed by atoms with Gasteiger partial charge in [0.05, 0.1) is 6.42 Å². The molecule has 0 amide bonds. The van der Waals surface area contributed by atoms with E-state index in [0.29, 0.717) is 5.02 Å². The normalized spacial score (nSPS) is 12.6. The quantitative estimate of drug-likeness (QED) is 0.855. The highest BCUT2D eigenvalue weighted by atomic mass is 35.5. The Kier molecular flexibility index (Phi) is 3.94. The number of carboxylic acid groups (broad SMARTS) is 1. The van der Waals surface area contributed by atoms with Crippen LogP contribution >= 0.6 is 11.6 Å². The number of hydrogen-bond acceptors (Lipinski definition) is 2. The van der Waals surface area contributed by atoms with Gasteiger partial charge in [-0.15, -0.1) is 0 Å². The lowest BCUT2D eigenvalue weighted by molar-refractivity contribution is -0.137. The third kappa shape index (κ3) is 2.54. The van der Waals surface area contributed by atoms with E-state index in [9.17, 15) is 4.79 Å². The van der Waals surface area contributed by atoms with Gasteiger partial charge in [-0.3, -0.25) is 4.79 Å². The number of nitrogens with two attached hydrogens (primary N) is 1. The Balaban J connectivity index is 3.23. The summed E-state index contributed by atoms with van der Waals surface area (Å²) in [6, 6.07) is 1.43. The average Bonchev–Trinajstić information content (AvgIpc) is 2.13. The van der Waals surface area contributed by atoms with Crippen LogP contribution in [0.25, 0.3) is 0 Å². The zero-order valence-electron chi connectivity index (χ0n) is 9.67. The van der Waals surface area contributed by atoms with Crippen LogP contribution in [0.3, 0.4) is 0 Å². The molecule has 1 aromatic carbocycles. The maximum absolute atomic E-state index is 10.6. The molecule has 0 bridgehead atoms. The highest BCUT2D eigenvalue weighted by Crippen LogP contribution is 2.30. The number of carboxylic acids is 1. The van der Waals surface area contributed by atoms with Gasteiger partial charge in [-0.05, 0) is 43.0 Å². The third-order valence-corrected chi connectivity index (χ3v) is 3.28. The first kappa shape index (κ1) is 13.0. The number of hydrogen-bond donors (Lipinski definition) is 2. The molecule has 0 radical (unpaired) electrons. The lowest BCUT2D eigenvalue weighted by Crippen LogP contribution is -2.17. The van der Waals surface area contributed by atoms with Gasteiger partial charge in [-0.2, -0.15) is 0 Å². The maximum Gasteiger partial charge on any atom is 0.305 e. The Bertz CT molecular complexity index is 430. The van der Waals surface area contributed by atoms with Gasteiger partial charge >= 0.3 is 5.97 Å². The predicted molar refractivity (Wildman–Crippen MR) is 64.8 cm³/mol. The van der Waals surface area contributed by atoms with Gasteiger partial charge in [-0.25, -0.2) is 0 Å². The van der Waals surface area contributed by atoms with Gasteiger partial charge in [0.15, 0.2) is 0 Å². The van der Waals surface area contributed by atoms with E-state index in [2.05, 4.69) is 0 Å². The maximum atomic E-state index is 10.6. The van der Waals surface area contributed by atoms with Crippen molar-refractivity contribution in [3.63, 3.8) is 0 Å². The fourth-order valence-electron chi connectivity index (χ4n) is 2.04. The number of rotatable bonds is 3. The van der Waals surface area contributed by atoms with Gasteiger partial charge in [0.1, 0.15) is 0 Å². The van der Waals surface area contributed by atoms with Crippen LogP contribution in [0.15, 0.2) is 6.07 Å². The highest BCUT2D eigenvalue weighted by Gasteiger charge is 2.17. The number of halogens is 1. The Morgan fingerprint density at radius 2 is 2.00 bits per heavy atom. The number of aliphatic carboxylic acids is 1. The summed E-state index contributed by atoms with van der Waals surface area (Å²) in [6.45, 7) is 5.72. The van der Waals surface area contributed by atoms with E-state index >= 15 is 0 Å². The molecule has 1 unspecified atom stereocenters. The molecule has 0 saturated carbocycles. The van der Waals surface area contributed by atoms with E-state index in [1.54, 1.807) is 0 Å². The van der Waals surface area contributed by atoms with Crippen LogP contribution < -0.4 is 5.73 Å². The van der Waals surface area contributed by atoms with Crippen molar-refractivity contribution >= 4 is 17.6 Å². The van der Waals surface area contributed by atoms with Crippen molar-refractivity contribution in [1.29, 1.82) is 0 Å². The molecular weight excluding hydrogens is 226 g/mol. The van der Waals surface area contributed by atoms with Crippen molar-refractivity contribution in [2.24, 2.45) is 5.73 Å². The molecule has 0 saturated heterocycles. The molecular formula is C12H16ClNO2. The Morgan fingerprint density at radius 3 is 2.50 bits per heavy atom. The van der Waals surface area contributed by atoms with Crippen molar-refractivity contribution in [3.8, 4) is 0 Å². The van der Waals surface area contributed by atoms with Crippen molar-refractivity contribution < 1.29 is 9.90 Å². The summed E-state index contributed by atoms with van der Waals surface area (Å²) in [5.74, 6) is -0.900. The second kappa shape index (κ2) is 4.85. The van der Waals surface area contributed by atoms with E-state index < -0.39 is 12.0 Å². The summed E-state index contributed by atoms with van der Waals surface area (Å²) in [5, 5.41) is 9.41. The van der Waals surface area contributed by atoms with Crippen molar-refractivity contribution in [2.75, 3.05) is 0 Å². The van der Waals surface area contributed by atoms with Crippen LogP contribution in [0.4, 0.5) is 0 Å². The molecule has 3 N–H and O–H groups in total. The number of carbonyl (C=O) groups is 1. The first-order valence-electron chi connectivity index (χ1n) is 5.08. The summed E-state index contributed by atoms with van der Waals surface area (Å²) in [7, 11) is 0. The van der Waals surface area contributed by atoms with Gasteiger partial charge in [0.2, 0.25) is 0 Å². The van der Waals surface area contributed by atoms with E-state index in [1.807, 2.05) is 26.8 Å². The Hall–Kier alpha value is -1.06. The summed E-state index contributed by atoms with van der Waals surface area (Å²) < 4.78 is 0. The molecule has 0 spiro atoms. The smallest absolute Gasteiger partial charge is 0.305 e. The third-order valence-electron chi connectivity index (χ3n) is 2.70. The molecule has 1 aromatic rings. The van der Waals surface area contributed by atoms with E-state index in [1.165, 1.54) is 0 Å². The van der Waals surface area contributed by atoms with Crippen LogP contribution in [-0.4, -0.2) is 11.1 Å². The monoisotopic (exact) mass is 241 g/mol. The van der Waals surface area contributed by atoms with Crippen LogP contribution in [0.1, 0.15) is 34.7 Å². The highest BCUT2D eigenvalue weighted by molar-refractivity contribution is 6.32. The predicted octanol–water partition coefficient (Wildman–Crippen LogP) is 2.74. The topological polar surface area (TPSA) is 63.3 Å². The number of benzene rings is 1. The van der Waals surface area contributed by atoms with Crippen molar-refractivity contribution in [3.05, 3.63) is 33.3 Å². The first-order valence-corrected chi connectivity index (χ1v) is 5.46. The minimum atomic E-state index is -0.900. The Morgan fingerprint density at radius 1 is 1.44 bits per heavy atom. The molecule has 1 atom stereocenters. The molecule has 16 heavy (non-hydrogen) atoms. The van der Waals surface area contributed by atoms with Gasteiger partial charge in [0.25, 0.3) is 0 Å². The zero-order valence-corrected chi connectivity index (χ0v) is 10.4. The fraction of sp³-hybridized carbons (Fsp3) is 0.417. The molecule has 0 aliphatic carbocycles. The van der Waals surface area contributed by atoms with Crippen molar-refractivity contribution in [1.82, 2.24) is 0 Å². The van der Waals surface area contributed by atoms with Crippen LogP contribution in [-0.2, 0) is 4.79 Å². The largest absolute Gasteiger partial charge is 0.481 e. The molecule has 0 fully saturated rings. The molecule has 0 aliphatic rings. The van der Waals surface area contributed by atoms with E-state index in [-0.39, 0.29) is 6.42 Å². The number of aryl methyl sites for hydroxylation is 2. The first-order chi connectivity index (χ1) is 7.34. The lowest BCUT2D eigenvalue weighted by atomic mass is 9.93. The molecule has 0 aromatic heterocycles. The van der Waals surface area contributed by atoms with Gasteiger partial charge < -0.3 is 10.8 Å². The van der Waals surface area contributed by atoms with Gasteiger partial charge in [-0.1, -0.05) is 17.7 Å². The summed E-state index contributed by atoms with van der Waals surface area (Å²) in [4.78, 5) is 10.6. The minimum Gasteiger partial charge on any atom is -0.481 e. The standard InChI is InChI=1S/C12H16ClNO2/c1-6-4-7(2)12(13)8(3)11(6)9(14)5-10(15)16/h4,9H,5,14H2,1-3H3,(H,15,16). The van der Waals surface area contributed by atoms with E-state index in [4.69, 9.17) is 22.4 Å². The second-order valence-corrected chi connectivity index (χ2v) is 4.45. The minimum absolute atomic E-state index is 0.0823. The van der Waals surface area contributed by atoms with E-state index in [0.717, 1.165) is 22.3 Å². The van der Waals surface area contributed by atoms with Crippen LogP contribution in [0, 0.1) is 20.8 Å². The molecule has 1 rings (SSSR count). The molecule has 4 heteroatoms. The average molecular weight is 242 g/mol. The zero-order chi connectivity index (χ0) is 12.5. The fourth-order valence-corrected chi connectivity index (χ4v) is 2.19. The molecule has 88 valence electrons. The second-order valence-electron chi connectivity index (χ2n) is 4.07. The van der Waals surface area contributed by atoms with Crippen molar-refractivity contribution in [2.45, 2.75) is 33.2 Å². The summed E-state index contributed by atoms with van der Waals surface area (Å²) in [5.41, 5.74) is 9.59. The van der Waals surface area contributed by atoms with Gasteiger partial charge in [0, 0.05) is 11.1 Å². The van der Waals surface area contributed by atoms with Crippen LogP contribution in [0.5, 0.6) is 0 Å². The molecule has 3 nitrogen and oxygen atoms in total. The summed E-state index contributed by atoms with van der Waals surface area (Å²) in [6.07, 6.45) is -0.0823. The molecule has 0 heterocycles. The SMILES string of the molecule is Cc1cc(C)c(C(N)CC(=O)O)c(C)c1Cl. The Labute approximate surface area is 100 Å². The van der Waals surface area contributed by atoms with Crippen LogP contribution in [0.2, 0.25) is 5.02 Å².